The van der Waals surface area contributed by atoms with Crippen LogP contribution in [-0.2, 0) is 12.2 Å². The van der Waals surface area contributed by atoms with Crippen molar-refractivity contribution in [1.82, 2.24) is 15.3 Å². The summed E-state index contributed by atoms with van der Waals surface area (Å²) in [5.41, 5.74) is 5.94. The minimum atomic E-state index is -0.0313. The third kappa shape index (κ3) is 4.23. The number of thiazole rings is 1. The molecule has 0 aliphatic heterocycles. The van der Waals surface area contributed by atoms with Crippen molar-refractivity contribution in [3.63, 3.8) is 0 Å². The second kappa shape index (κ2) is 8.41. The van der Waals surface area contributed by atoms with Gasteiger partial charge in [-0.15, -0.1) is 23.1 Å². The van der Waals surface area contributed by atoms with Crippen molar-refractivity contribution in [3.8, 4) is 0 Å². The summed E-state index contributed by atoms with van der Waals surface area (Å²) in [5, 5.41) is 6.31. The number of rotatable bonds is 7. The standard InChI is InChI=1S/C21H19N3OS2/c25-21(22-10-9-15-11-23-19-7-3-1-5-17(15)19)18-6-2-4-8-20(18)27-13-16-12-26-14-24-16/h1-8,11-12,14,23H,9-10,13H2,(H,22,25). The van der Waals surface area contributed by atoms with E-state index in [1.54, 1.807) is 23.1 Å². The fourth-order valence-corrected chi connectivity index (χ4v) is 4.60. The topological polar surface area (TPSA) is 57.8 Å². The Morgan fingerprint density at radius 2 is 2.00 bits per heavy atom. The van der Waals surface area contributed by atoms with Crippen LogP contribution < -0.4 is 5.32 Å². The van der Waals surface area contributed by atoms with Gasteiger partial charge in [-0.2, -0.15) is 0 Å². The second-order valence-electron chi connectivity index (χ2n) is 6.13. The molecule has 2 aromatic carbocycles. The molecule has 0 bridgehead atoms. The zero-order valence-corrected chi connectivity index (χ0v) is 16.3. The molecule has 27 heavy (non-hydrogen) atoms. The van der Waals surface area contributed by atoms with Gasteiger partial charge in [0.15, 0.2) is 0 Å². The van der Waals surface area contributed by atoms with Crippen LogP contribution in [0.1, 0.15) is 21.6 Å². The molecule has 4 rings (SSSR count). The van der Waals surface area contributed by atoms with Crippen molar-refractivity contribution >= 4 is 39.9 Å². The fourth-order valence-electron chi connectivity index (χ4n) is 2.98. The Morgan fingerprint density at radius 1 is 1.15 bits per heavy atom. The van der Waals surface area contributed by atoms with E-state index in [0.717, 1.165) is 33.8 Å². The summed E-state index contributed by atoms with van der Waals surface area (Å²) < 4.78 is 0. The van der Waals surface area contributed by atoms with Crippen LogP contribution in [0.3, 0.4) is 0 Å². The molecule has 0 saturated carbocycles. The maximum Gasteiger partial charge on any atom is 0.252 e. The summed E-state index contributed by atoms with van der Waals surface area (Å²) in [7, 11) is 0. The Balaban J connectivity index is 1.38. The summed E-state index contributed by atoms with van der Waals surface area (Å²) in [6.45, 7) is 0.603. The first-order valence-electron chi connectivity index (χ1n) is 8.73. The molecule has 136 valence electrons. The molecule has 0 unspecified atom stereocenters. The van der Waals surface area contributed by atoms with Crippen LogP contribution in [0.5, 0.6) is 0 Å². The summed E-state index contributed by atoms with van der Waals surface area (Å²) in [6.07, 6.45) is 2.82. The van der Waals surface area contributed by atoms with Gasteiger partial charge in [0.2, 0.25) is 0 Å². The summed E-state index contributed by atoms with van der Waals surface area (Å²) in [5.74, 6) is 0.736. The van der Waals surface area contributed by atoms with Crippen LogP contribution in [0, 0.1) is 0 Å². The highest BCUT2D eigenvalue weighted by molar-refractivity contribution is 7.98. The minimum Gasteiger partial charge on any atom is -0.361 e. The third-order valence-electron chi connectivity index (χ3n) is 4.35. The van der Waals surface area contributed by atoms with E-state index in [-0.39, 0.29) is 5.91 Å². The van der Waals surface area contributed by atoms with Gasteiger partial charge < -0.3 is 10.3 Å². The van der Waals surface area contributed by atoms with Gasteiger partial charge >= 0.3 is 0 Å². The molecule has 4 nitrogen and oxygen atoms in total. The Labute approximate surface area is 166 Å². The highest BCUT2D eigenvalue weighted by Crippen LogP contribution is 2.26. The number of para-hydroxylation sites is 1. The smallest absolute Gasteiger partial charge is 0.252 e. The van der Waals surface area contributed by atoms with Gasteiger partial charge in [0.05, 0.1) is 16.8 Å². The molecule has 0 atom stereocenters. The Hall–Kier alpha value is -2.57. The number of aromatic amines is 1. The van der Waals surface area contributed by atoms with Crippen LogP contribution in [0.25, 0.3) is 10.9 Å². The first-order chi connectivity index (χ1) is 13.3. The average molecular weight is 394 g/mol. The molecule has 2 N–H and O–H groups in total. The van der Waals surface area contributed by atoms with E-state index in [1.165, 1.54) is 10.9 Å². The number of hydrogen-bond acceptors (Lipinski definition) is 4. The molecule has 4 aromatic rings. The Bertz CT molecular complexity index is 1040. The number of carbonyl (C=O) groups is 1. The number of H-pyrrole nitrogens is 1. The minimum absolute atomic E-state index is 0.0313. The van der Waals surface area contributed by atoms with E-state index in [1.807, 2.05) is 53.5 Å². The molecule has 0 aliphatic rings. The number of carbonyl (C=O) groups excluding carboxylic acids is 1. The predicted molar refractivity (Wildman–Crippen MR) is 112 cm³/mol. The van der Waals surface area contributed by atoms with Gasteiger partial charge in [-0.25, -0.2) is 4.98 Å². The summed E-state index contributed by atoms with van der Waals surface area (Å²) in [4.78, 5) is 21.2. The molecule has 1 amide bonds. The number of amides is 1. The lowest BCUT2D eigenvalue weighted by atomic mass is 10.1. The first kappa shape index (κ1) is 17.8. The average Bonchev–Trinajstić information content (AvgIpc) is 3.37. The SMILES string of the molecule is O=C(NCCc1c[nH]c2ccccc12)c1ccccc1SCc1cscn1. The monoisotopic (exact) mass is 393 g/mol. The third-order valence-corrected chi connectivity index (χ3v) is 6.09. The molecule has 0 saturated heterocycles. The molecular formula is C21H19N3OS2. The maximum atomic E-state index is 12.7. The second-order valence-corrected chi connectivity index (χ2v) is 7.87. The molecule has 0 fully saturated rings. The lowest BCUT2D eigenvalue weighted by molar-refractivity contribution is 0.0951. The molecule has 2 aromatic heterocycles. The van der Waals surface area contributed by atoms with Crippen molar-refractivity contribution in [2.45, 2.75) is 17.1 Å². The Morgan fingerprint density at radius 3 is 2.89 bits per heavy atom. The molecule has 2 heterocycles. The first-order valence-corrected chi connectivity index (χ1v) is 10.7. The van der Waals surface area contributed by atoms with Crippen LogP contribution in [0.4, 0.5) is 0 Å². The van der Waals surface area contributed by atoms with Gasteiger partial charge in [0.25, 0.3) is 5.91 Å². The highest BCUT2D eigenvalue weighted by atomic mass is 32.2. The van der Waals surface area contributed by atoms with Crippen LogP contribution in [0.2, 0.25) is 0 Å². The van der Waals surface area contributed by atoms with E-state index in [2.05, 4.69) is 27.4 Å². The number of aromatic nitrogens is 2. The number of thioether (sulfide) groups is 1. The number of nitrogens with one attached hydrogen (secondary N) is 2. The lowest BCUT2D eigenvalue weighted by Crippen LogP contribution is -2.26. The van der Waals surface area contributed by atoms with Crippen LogP contribution in [-0.4, -0.2) is 22.4 Å². The highest BCUT2D eigenvalue weighted by Gasteiger charge is 2.12. The quantitative estimate of drug-likeness (QED) is 0.440. The fraction of sp³-hybridized carbons (Fsp3) is 0.143. The molecule has 0 radical (unpaired) electrons. The maximum absolute atomic E-state index is 12.7. The van der Waals surface area contributed by atoms with E-state index in [0.29, 0.717) is 6.54 Å². The van der Waals surface area contributed by atoms with E-state index < -0.39 is 0 Å². The van der Waals surface area contributed by atoms with Crippen molar-refractivity contribution in [1.29, 1.82) is 0 Å². The zero-order valence-electron chi connectivity index (χ0n) is 14.6. The van der Waals surface area contributed by atoms with Gasteiger partial charge in [-0.1, -0.05) is 30.3 Å². The molecule has 0 spiro atoms. The lowest BCUT2D eigenvalue weighted by Gasteiger charge is -2.09. The number of nitrogens with zero attached hydrogens (tertiary/aromatic N) is 1. The number of fused-ring (bicyclic) bond motifs is 1. The van der Waals surface area contributed by atoms with Crippen molar-refractivity contribution < 1.29 is 4.79 Å². The van der Waals surface area contributed by atoms with Crippen molar-refractivity contribution in [2.75, 3.05) is 6.54 Å². The molecule has 0 aliphatic carbocycles. The summed E-state index contributed by atoms with van der Waals surface area (Å²) >= 11 is 3.23. The van der Waals surface area contributed by atoms with Crippen molar-refractivity contribution in [3.05, 3.63) is 82.4 Å². The number of benzene rings is 2. The van der Waals surface area contributed by atoms with E-state index >= 15 is 0 Å². The van der Waals surface area contributed by atoms with Gasteiger partial charge in [0.1, 0.15) is 0 Å². The Kier molecular flexibility index (Phi) is 5.55. The number of hydrogen-bond donors (Lipinski definition) is 2. The zero-order chi connectivity index (χ0) is 18.5. The predicted octanol–water partition coefficient (Wildman–Crippen LogP) is 4.89. The molecule has 6 heteroatoms. The van der Waals surface area contributed by atoms with Crippen LogP contribution >= 0.6 is 23.1 Å². The van der Waals surface area contributed by atoms with E-state index in [4.69, 9.17) is 0 Å². The summed E-state index contributed by atoms with van der Waals surface area (Å²) in [6, 6.07) is 16.0. The van der Waals surface area contributed by atoms with Crippen LogP contribution in [0.15, 0.2) is 70.5 Å². The van der Waals surface area contributed by atoms with E-state index in [9.17, 15) is 4.79 Å². The van der Waals surface area contributed by atoms with Crippen molar-refractivity contribution in [2.24, 2.45) is 0 Å². The van der Waals surface area contributed by atoms with Gasteiger partial charge in [-0.3, -0.25) is 4.79 Å². The van der Waals surface area contributed by atoms with Gasteiger partial charge in [-0.05, 0) is 30.2 Å². The molecular weight excluding hydrogens is 374 g/mol. The largest absolute Gasteiger partial charge is 0.361 e. The normalized spacial score (nSPS) is 11.0. The van der Waals surface area contributed by atoms with Gasteiger partial charge in [0, 0.05) is 39.7 Å².